The minimum Gasteiger partial charge on any atom is -0.477 e. The van der Waals surface area contributed by atoms with Gasteiger partial charge in [-0.2, -0.15) is 10.2 Å². The molecule has 0 fully saturated rings. The summed E-state index contributed by atoms with van der Waals surface area (Å²) in [5.74, 6) is -0.908. The lowest BCUT2D eigenvalue weighted by molar-refractivity contribution is 0.0702. The van der Waals surface area contributed by atoms with Crippen molar-refractivity contribution in [1.82, 2.24) is 20.0 Å². The van der Waals surface area contributed by atoms with Crippen LogP contribution in [-0.4, -0.2) is 31.1 Å². The molecule has 1 N–H and O–H groups in total. The Kier molecular flexibility index (Phi) is 3.13. The molecule has 3 rings (SSSR count). The number of thiophene rings is 1. The molecule has 3 aromatic rings. The molecule has 21 heavy (non-hydrogen) atoms. The number of nitrogens with zero attached hydrogens (tertiary/aromatic N) is 4. The third-order valence-electron chi connectivity index (χ3n) is 2.81. The molecule has 0 saturated carbocycles. The Morgan fingerprint density at radius 2 is 2.14 bits per heavy atom. The Labute approximate surface area is 120 Å². The molecule has 3 heterocycles. The van der Waals surface area contributed by atoms with Gasteiger partial charge in [0.25, 0.3) is 6.43 Å². The van der Waals surface area contributed by atoms with Crippen LogP contribution in [0, 0.1) is 6.92 Å². The molecule has 0 radical (unpaired) electrons. The molecule has 0 bridgehead atoms. The Hall–Kier alpha value is -2.42. The summed E-state index contributed by atoms with van der Waals surface area (Å²) in [4.78, 5) is 11.3. The van der Waals surface area contributed by atoms with Crippen molar-refractivity contribution >= 4 is 27.5 Å². The number of hydrogen-bond donors (Lipinski definition) is 1. The summed E-state index contributed by atoms with van der Waals surface area (Å²) in [6.45, 7) is 1.74. The lowest BCUT2D eigenvalue weighted by atomic mass is 10.3. The summed E-state index contributed by atoms with van der Waals surface area (Å²) in [5, 5.41) is 20.7. The number of carboxylic acid groups (broad SMARTS) is 1. The first-order chi connectivity index (χ1) is 9.97. The molecule has 0 saturated heterocycles. The van der Waals surface area contributed by atoms with Gasteiger partial charge in [0.05, 0.1) is 5.69 Å². The predicted molar refractivity (Wildman–Crippen MR) is 71.2 cm³/mol. The molecule has 0 amide bonds. The van der Waals surface area contributed by atoms with Gasteiger partial charge in [-0.1, -0.05) is 0 Å². The maximum atomic E-state index is 13.0. The molecule has 6 nitrogen and oxygen atoms in total. The number of hydrogen-bond acceptors (Lipinski definition) is 5. The van der Waals surface area contributed by atoms with Gasteiger partial charge in [-0.25, -0.2) is 18.3 Å². The highest BCUT2D eigenvalue weighted by atomic mass is 32.1. The average molecular weight is 310 g/mol. The van der Waals surface area contributed by atoms with Gasteiger partial charge in [-0.3, -0.25) is 0 Å². The number of rotatable bonds is 3. The van der Waals surface area contributed by atoms with Crippen LogP contribution < -0.4 is 0 Å². The van der Waals surface area contributed by atoms with E-state index in [4.69, 9.17) is 5.11 Å². The van der Waals surface area contributed by atoms with E-state index < -0.39 is 18.1 Å². The fourth-order valence-electron chi connectivity index (χ4n) is 1.86. The SMILES string of the molecule is Cc1ccc(-n2nc(C(F)F)c3cc(C(=O)O)sc32)nn1. The summed E-state index contributed by atoms with van der Waals surface area (Å²) in [7, 11) is 0. The molecular formula is C12H8F2N4O2S. The zero-order chi connectivity index (χ0) is 15.1. The van der Waals surface area contributed by atoms with E-state index in [0.717, 1.165) is 11.3 Å². The molecule has 0 aliphatic heterocycles. The van der Waals surface area contributed by atoms with Crippen LogP contribution in [-0.2, 0) is 0 Å². The van der Waals surface area contributed by atoms with Crippen molar-refractivity contribution in [2.45, 2.75) is 13.3 Å². The Bertz CT molecular complexity index is 826. The van der Waals surface area contributed by atoms with Crippen LogP contribution >= 0.6 is 11.3 Å². The van der Waals surface area contributed by atoms with Gasteiger partial charge in [0.1, 0.15) is 15.4 Å². The second-order valence-corrected chi connectivity index (χ2v) is 5.30. The largest absolute Gasteiger partial charge is 0.477 e. The zero-order valence-electron chi connectivity index (χ0n) is 10.6. The van der Waals surface area contributed by atoms with Gasteiger partial charge < -0.3 is 5.11 Å². The van der Waals surface area contributed by atoms with Crippen molar-refractivity contribution in [1.29, 1.82) is 0 Å². The van der Waals surface area contributed by atoms with E-state index in [2.05, 4.69) is 15.3 Å². The van der Waals surface area contributed by atoms with E-state index in [1.807, 2.05) is 0 Å². The quantitative estimate of drug-likeness (QED) is 0.804. The second-order valence-electron chi connectivity index (χ2n) is 4.27. The standard InChI is InChI=1S/C12H8F2N4O2S/c1-5-2-3-8(16-15-5)18-11-6(9(17-18)10(13)14)4-7(21-11)12(19)20/h2-4,10H,1H3,(H,19,20). The molecular weight excluding hydrogens is 302 g/mol. The highest BCUT2D eigenvalue weighted by molar-refractivity contribution is 7.20. The third kappa shape index (κ3) is 2.25. The fourth-order valence-corrected chi connectivity index (χ4v) is 2.82. The van der Waals surface area contributed by atoms with Gasteiger partial charge in [0, 0.05) is 5.39 Å². The molecule has 3 aromatic heterocycles. The van der Waals surface area contributed by atoms with Crippen molar-refractivity contribution in [2.75, 3.05) is 0 Å². The van der Waals surface area contributed by atoms with E-state index >= 15 is 0 Å². The first-order valence-corrected chi connectivity index (χ1v) is 6.63. The number of aromatic carboxylic acids is 1. The van der Waals surface area contributed by atoms with Crippen molar-refractivity contribution in [2.24, 2.45) is 0 Å². The van der Waals surface area contributed by atoms with Crippen LogP contribution in [0.2, 0.25) is 0 Å². The number of fused-ring (bicyclic) bond motifs is 1. The smallest absolute Gasteiger partial charge is 0.345 e. The van der Waals surface area contributed by atoms with Crippen molar-refractivity contribution in [3.8, 4) is 5.82 Å². The number of carbonyl (C=O) groups is 1. The summed E-state index contributed by atoms with van der Waals surface area (Å²) in [6.07, 6.45) is -2.80. The maximum absolute atomic E-state index is 13.0. The number of aryl methyl sites for hydroxylation is 1. The van der Waals surface area contributed by atoms with Crippen LogP contribution in [0.15, 0.2) is 18.2 Å². The summed E-state index contributed by atoms with van der Waals surface area (Å²) >= 11 is 0.869. The lowest BCUT2D eigenvalue weighted by Crippen LogP contribution is -2.02. The Morgan fingerprint density at radius 3 is 2.71 bits per heavy atom. The topological polar surface area (TPSA) is 80.9 Å². The molecule has 0 aliphatic rings. The third-order valence-corrected chi connectivity index (χ3v) is 3.91. The highest BCUT2D eigenvalue weighted by Crippen LogP contribution is 2.34. The minimum atomic E-state index is -2.80. The van der Waals surface area contributed by atoms with E-state index in [1.54, 1.807) is 19.1 Å². The van der Waals surface area contributed by atoms with Gasteiger partial charge in [0.15, 0.2) is 5.82 Å². The van der Waals surface area contributed by atoms with E-state index in [1.165, 1.54) is 10.7 Å². The zero-order valence-corrected chi connectivity index (χ0v) is 11.4. The van der Waals surface area contributed by atoms with E-state index in [-0.39, 0.29) is 16.1 Å². The van der Waals surface area contributed by atoms with Crippen molar-refractivity contribution in [3.05, 3.63) is 34.5 Å². The highest BCUT2D eigenvalue weighted by Gasteiger charge is 2.23. The van der Waals surface area contributed by atoms with Gasteiger partial charge in [-0.05, 0) is 25.1 Å². The number of aromatic nitrogens is 4. The molecule has 0 atom stereocenters. The van der Waals surface area contributed by atoms with Crippen LogP contribution in [0.3, 0.4) is 0 Å². The molecule has 0 aliphatic carbocycles. The Morgan fingerprint density at radius 1 is 1.38 bits per heavy atom. The van der Waals surface area contributed by atoms with Gasteiger partial charge >= 0.3 is 5.97 Å². The van der Waals surface area contributed by atoms with Gasteiger partial charge in [0.2, 0.25) is 0 Å². The number of halogens is 2. The van der Waals surface area contributed by atoms with Crippen LogP contribution in [0.25, 0.3) is 16.0 Å². The normalized spacial score (nSPS) is 11.4. The monoisotopic (exact) mass is 310 g/mol. The van der Waals surface area contributed by atoms with E-state index in [0.29, 0.717) is 10.5 Å². The molecule has 0 aromatic carbocycles. The first kappa shape index (κ1) is 13.6. The minimum absolute atomic E-state index is 0.0295. The summed E-state index contributed by atoms with van der Waals surface area (Å²) in [6, 6.07) is 4.46. The summed E-state index contributed by atoms with van der Waals surface area (Å²) in [5.41, 5.74) is 0.213. The van der Waals surface area contributed by atoms with Gasteiger partial charge in [-0.15, -0.1) is 16.4 Å². The predicted octanol–water partition coefficient (Wildman–Crippen LogP) is 2.82. The number of alkyl halides is 2. The second kappa shape index (κ2) is 4.85. The maximum Gasteiger partial charge on any atom is 0.345 e. The van der Waals surface area contributed by atoms with Crippen LogP contribution in [0.5, 0.6) is 0 Å². The summed E-state index contributed by atoms with van der Waals surface area (Å²) < 4.78 is 27.3. The van der Waals surface area contributed by atoms with E-state index in [9.17, 15) is 13.6 Å². The average Bonchev–Trinajstić information content (AvgIpc) is 2.98. The van der Waals surface area contributed by atoms with Crippen molar-refractivity contribution < 1.29 is 18.7 Å². The molecule has 108 valence electrons. The van der Waals surface area contributed by atoms with Crippen LogP contribution in [0.4, 0.5) is 8.78 Å². The molecule has 9 heteroatoms. The molecule has 0 unspecified atom stereocenters. The van der Waals surface area contributed by atoms with Crippen molar-refractivity contribution in [3.63, 3.8) is 0 Å². The fraction of sp³-hybridized carbons (Fsp3) is 0.167. The lowest BCUT2D eigenvalue weighted by Gasteiger charge is -2.00. The molecule has 0 spiro atoms. The van der Waals surface area contributed by atoms with Crippen LogP contribution in [0.1, 0.15) is 27.5 Å². The first-order valence-electron chi connectivity index (χ1n) is 5.82. The Balaban J connectivity index is 2.26. The number of carboxylic acids is 1.